The molecule has 0 heterocycles. The number of nitrogens with zero attached hydrogens (tertiary/aromatic N) is 2. The Hall–Kier alpha value is -4.24. The fraction of sp³-hybridized carbons (Fsp3) is 0.0714. The zero-order chi connectivity index (χ0) is 27.1. The molecule has 10 heteroatoms. The van der Waals surface area contributed by atoms with Crippen LogP contribution in [-0.2, 0) is 17.0 Å². The molecule has 0 aliphatic heterocycles. The van der Waals surface area contributed by atoms with Gasteiger partial charge in [0.15, 0.2) is 5.60 Å². The number of hydrogen-bond donors (Lipinski definition) is 2. The van der Waals surface area contributed by atoms with Crippen molar-refractivity contribution < 1.29 is 19.6 Å². The molecule has 0 spiro atoms. The number of amides is 1. The van der Waals surface area contributed by atoms with E-state index >= 15 is 0 Å². The smallest absolute Gasteiger partial charge is 0.281 e. The largest absolute Gasteiger partial charge is 0.488 e. The summed E-state index contributed by atoms with van der Waals surface area (Å²) in [5.74, 6) is -0.576. The van der Waals surface area contributed by atoms with Gasteiger partial charge in [-0.15, -0.1) is 0 Å². The lowest BCUT2D eigenvalue weighted by Gasteiger charge is -2.27. The lowest BCUT2D eigenvalue weighted by molar-refractivity contribution is -0.384. The van der Waals surface area contributed by atoms with Crippen molar-refractivity contribution in [1.82, 2.24) is 5.43 Å². The third-order valence-corrected chi connectivity index (χ3v) is 6.43. The van der Waals surface area contributed by atoms with E-state index < -0.39 is 16.4 Å². The number of halogens is 2. The molecular formula is C28H21Cl2N3O5. The van der Waals surface area contributed by atoms with Crippen molar-refractivity contribution in [3.8, 4) is 5.75 Å². The Kier molecular flexibility index (Phi) is 8.38. The summed E-state index contributed by atoms with van der Waals surface area (Å²) in [6.45, 7) is -0.00865. The number of rotatable bonds is 9. The second kappa shape index (κ2) is 11.9. The van der Waals surface area contributed by atoms with Gasteiger partial charge in [0.2, 0.25) is 0 Å². The molecule has 0 aromatic heterocycles. The third-order valence-electron chi connectivity index (χ3n) is 5.72. The van der Waals surface area contributed by atoms with Crippen LogP contribution in [0, 0.1) is 10.1 Å². The quantitative estimate of drug-likeness (QED) is 0.154. The van der Waals surface area contributed by atoms with E-state index in [2.05, 4.69) is 10.5 Å². The van der Waals surface area contributed by atoms with Gasteiger partial charge in [-0.3, -0.25) is 14.9 Å². The SMILES string of the molecule is O=C(N/N=C\c1cc([N+](=O)[O-])ccc1OCc1c(Cl)cccc1Cl)C(O)(c1ccccc1)c1ccccc1. The first-order chi connectivity index (χ1) is 18.3. The average molecular weight is 550 g/mol. The molecule has 0 unspecified atom stereocenters. The van der Waals surface area contributed by atoms with Crippen LogP contribution in [0.1, 0.15) is 22.3 Å². The molecule has 0 aliphatic carbocycles. The zero-order valence-corrected chi connectivity index (χ0v) is 21.3. The summed E-state index contributed by atoms with van der Waals surface area (Å²) in [6, 6.07) is 25.9. The van der Waals surface area contributed by atoms with Gasteiger partial charge in [-0.2, -0.15) is 5.10 Å². The molecule has 192 valence electrons. The molecule has 4 aromatic rings. The number of nitrogens with one attached hydrogen (secondary N) is 1. The second-order valence-electron chi connectivity index (χ2n) is 8.11. The normalized spacial score (nSPS) is 11.3. The Morgan fingerprint density at radius 2 is 1.53 bits per heavy atom. The van der Waals surface area contributed by atoms with Crippen LogP contribution in [0.4, 0.5) is 5.69 Å². The number of hydrogen-bond acceptors (Lipinski definition) is 6. The maximum absolute atomic E-state index is 13.3. The van der Waals surface area contributed by atoms with E-state index in [-0.39, 0.29) is 23.6 Å². The Labute approximate surface area is 228 Å². The number of benzene rings is 4. The average Bonchev–Trinajstić information content (AvgIpc) is 2.93. The topological polar surface area (TPSA) is 114 Å². The van der Waals surface area contributed by atoms with E-state index in [1.165, 1.54) is 24.4 Å². The molecule has 0 bridgehead atoms. The molecule has 0 saturated heterocycles. The lowest BCUT2D eigenvalue weighted by atomic mass is 9.85. The van der Waals surface area contributed by atoms with Gasteiger partial charge in [0.25, 0.3) is 11.6 Å². The first-order valence-electron chi connectivity index (χ1n) is 11.3. The van der Waals surface area contributed by atoms with Gasteiger partial charge in [-0.25, -0.2) is 5.43 Å². The molecule has 4 rings (SSSR count). The van der Waals surface area contributed by atoms with Crippen LogP contribution in [0.25, 0.3) is 0 Å². The van der Waals surface area contributed by atoms with Crippen LogP contribution in [-0.4, -0.2) is 22.2 Å². The highest BCUT2D eigenvalue weighted by atomic mass is 35.5. The van der Waals surface area contributed by atoms with Crippen molar-refractivity contribution >= 4 is 41.0 Å². The summed E-state index contributed by atoms with van der Waals surface area (Å²) in [4.78, 5) is 24.0. The van der Waals surface area contributed by atoms with E-state index in [4.69, 9.17) is 27.9 Å². The maximum atomic E-state index is 13.3. The number of carbonyl (C=O) groups excluding carboxylic acids is 1. The van der Waals surface area contributed by atoms with Gasteiger partial charge in [-0.1, -0.05) is 89.9 Å². The van der Waals surface area contributed by atoms with Crippen molar-refractivity contribution in [2.75, 3.05) is 0 Å². The van der Waals surface area contributed by atoms with E-state index in [9.17, 15) is 20.0 Å². The predicted octanol–water partition coefficient (Wildman–Crippen LogP) is 5.87. The summed E-state index contributed by atoms with van der Waals surface area (Å²) < 4.78 is 5.84. The maximum Gasteiger partial charge on any atom is 0.281 e. The monoisotopic (exact) mass is 549 g/mol. The minimum atomic E-state index is -2.04. The van der Waals surface area contributed by atoms with Crippen LogP contribution in [0.2, 0.25) is 10.0 Å². The van der Waals surface area contributed by atoms with Crippen LogP contribution >= 0.6 is 23.2 Å². The van der Waals surface area contributed by atoms with Crippen molar-refractivity contribution in [2.24, 2.45) is 5.10 Å². The van der Waals surface area contributed by atoms with Crippen molar-refractivity contribution in [1.29, 1.82) is 0 Å². The van der Waals surface area contributed by atoms with Crippen LogP contribution in [0.3, 0.4) is 0 Å². The molecule has 0 aliphatic rings. The van der Waals surface area contributed by atoms with Crippen molar-refractivity contribution in [3.05, 3.63) is 139 Å². The Bertz CT molecular complexity index is 1420. The van der Waals surface area contributed by atoms with Gasteiger partial charge >= 0.3 is 0 Å². The summed E-state index contributed by atoms with van der Waals surface area (Å²) in [5.41, 5.74) is 1.55. The van der Waals surface area contributed by atoms with Crippen LogP contribution < -0.4 is 10.2 Å². The highest BCUT2D eigenvalue weighted by Gasteiger charge is 2.39. The molecule has 4 aromatic carbocycles. The summed E-state index contributed by atoms with van der Waals surface area (Å²) in [5, 5.41) is 27.7. The van der Waals surface area contributed by atoms with E-state index in [0.717, 1.165) is 0 Å². The fourth-order valence-corrected chi connectivity index (χ4v) is 4.24. The van der Waals surface area contributed by atoms with Gasteiger partial charge in [0, 0.05) is 33.3 Å². The zero-order valence-electron chi connectivity index (χ0n) is 19.8. The number of nitro benzene ring substituents is 1. The molecule has 0 atom stereocenters. The van der Waals surface area contributed by atoms with Crippen molar-refractivity contribution in [2.45, 2.75) is 12.2 Å². The molecule has 38 heavy (non-hydrogen) atoms. The van der Waals surface area contributed by atoms with Gasteiger partial charge in [-0.05, 0) is 29.3 Å². The van der Waals surface area contributed by atoms with E-state index in [1.807, 2.05) is 0 Å². The second-order valence-corrected chi connectivity index (χ2v) is 8.92. The standard InChI is InChI=1S/C28H21Cl2N3O5/c29-24-12-7-13-25(30)23(24)18-38-26-15-14-22(33(36)37)16-19(26)17-31-32-27(34)28(35,20-8-3-1-4-9-20)21-10-5-2-6-11-21/h1-17,35H,18H2,(H,32,34)/b31-17-. The molecule has 0 fully saturated rings. The number of carbonyl (C=O) groups is 1. The number of hydrazone groups is 1. The van der Waals surface area contributed by atoms with Gasteiger partial charge in [0.05, 0.1) is 11.1 Å². The first kappa shape index (κ1) is 26.8. The highest BCUT2D eigenvalue weighted by molar-refractivity contribution is 6.35. The van der Waals surface area contributed by atoms with Crippen molar-refractivity contribution in [3.63, 3.8) is 0 Å². The lowest BCUT2D eigenvalue weighted by Crippen LogP contribution is -2.43. The highest BCUT2D eigenvalue weighted by Crippen LogP contribution is 2.31. The molecule has 0 radical (unpaired) electrons. The number of nitro groups is 1. The first-order valence-corrected chi connectivity index (χ1v) is 12.1. The number of ether oxygens (including phenoxy) is 1. The minimum absolute atomic E-state index is 0.00865. The molecule has 2 N–H and O–H groups in total. The summed E-state index contributed by atoms with van der Waals surface area (Å²) in [7, 11) is 0. The molecule has 0 saturated carbocycles. The molecule has 8 nitrogen and oxygen atoms in total. The van der Waals surface area contributed by atoms with Crippen LogP contribution in [0.5, 0.6) is 5.75 Å². The van der Waals surface area contributed by atoms with Gasteiger partial charge in [0.1, 0.15) is 12.4 Å². The Balaban J connectivity index is 1.61. The molecular weight excluding hydrogens is 529 g/mol. The summed E-state index contributed by atoms with van der Waals surface area (Å²) in [6.07, 6.45) is 1.20. The summed E-state index contributed by atoms with van der Waals surface area (Å²) >= 11 is 12.4. The Morgan fingerprint density at radius 3 is 2.08 bits per heavy atom. The van der Waals surface area contributed by atoms with Gasteiger partial charge < -0.3 is 9.84 Å². The predicted molar refractivity (Wildman–Crippen MR) is 146 cm³/mol. The Morgan fingerprint density at radius 1 is 0.947 bits per heavy atom. The van der Waals surface area contributed by atoms with E-state index in [1.54, 1.807) is 78.9 Å². The van der Waals surface area contributed by atoms with Crippen LogP contribution in [0.15, 0.2) is 102 Å². The minimum Gasteiger partial charge on any atom is -0.488 e. The number of aliphatic hydroxyl groups is 1. The molecule has 1 amide bonds. The third kappa shape index (κ3) is 5.84. The fourth-order valence-electron chi connectivity index (χ4n) is 3.73. The number of non-ortho nitro benzene ring substituents is 1. The van der Waals surface area contributed by atoms with E-state index in [0.29, 0.717) is 26.7 Å².